The highest BCUT2D eigenvalue weighted by Crippen LogP contribution is 2.42. The lowest BCUT2D eigenvalue weighted by Gasteiger charge is -2.32. The summed E-state index contributed by atoms with van der Waals surface area (Å²) in [6, 6.07) is 0. The smallest absolute Gasteiger partial charge is 0.343 e. The molecule has 0 amide bonds. The molecule has 0 spiro atoms. The fraction of sp³-hybridized carbons (Fsp3) is 0.294. The van der Waals surface area contributed by atoms with E-state index in [1.807, 2.05) is 19.9 Å². The van der Waals surface area contributed by atoms with Gasteiger partial charge in [0.05, 0.1) is 0 Å². The predicted molar refractivity (Wildman–Crippen MR) is 86.7 cm³/mol. The van der Waals surface area contributed by atoms with E-state index < -0.39 is 17.5 Å². The van der Waals surface area contributed by atoms with Crippen LogP contribution in [-0.4, -0.2) is 22.2 Å². The fourth-order valence-electron chi connectivity index (χ4n) is 2.09. The molecule has 0 unspecified atom stereocenters. The second-order valence-electron chi connectivity index (χ2n) is 5.83. The molecule has 1 rings (SSSR count). The number of carbonyl (C=O) groups is 2. The van der Waals surface area contributed by atoms with Gasteiger partial charge in [0.1, 0.15) is 5.57 Å². The first-order valence-corrected chi connectivity index (χ1v) is 7.05. The maximum Gasteiger partial charge on any atom is 0.343 e. The van der Waals surface area contributed by atoms with Gasteiger partial charge < -0.3 is 10.2 Å². The molecule has 0 saturated carbocycles. The van der Waals surface area contributed by atoms with Crippen LogP contribution in [0.3, 0.4) is 0 Å². The van der Waals surface area contributed by atoms with Crippen molar-refractivity contribution in [3.8, 4) is 0 Å². The Labute approximate surface area is 134 Å². The lowest BCUT2D eigenvalue weighted by atomic mass is 9.74. The third-order valence-electron chi connectivity index (χ3n) is 3.45. The molecule has 0 fully saturated rings. The SMILES string of the molecule is C=C1/C(=C\C=C(/C)C=C(C(=O)O)C(=O)O)C=C(Cl)CC1(C)C. The van der Waals surface area contributed by atoms with Crippen molar-refractivity contribution in [2.45, 2.75) is 27.2 Å². The summed E-state index contributed by atoms with van der Waals surface area (Å²) in [4.78, 5) is 21.7. The summed E-state index contributed by atoms with van der Waals surface area (Å²) in [7, 11) is 0. The zero-order chi connectivity index (χ0) is 17.1. The lowest BCUT2D eigenvalue weighted by Crippen LogP contribution is -2.18. The standard InChI is InChI=1S/C17H19ClO4/c1-10(7-14(15(19)20)16(21)22)5-6-12-8-13(18)9-17(3,4)11(12)2/h5-8H,2,9H2,1,3-4H3,(H,19,20)(H,21,22)/b10-5+,12-6-. The Morgan fingerprint density at radius 1 is 1.32 bits per heavy atom. The highest BCUT2D eigenvalue weighted by atomic mass is 35.5. The van der Waals surface area contributed by atoms with Crippen molar-refractivity contribution in [2.24, 2.45) is 5.41 Å². The molecular weight excluding hydrogens is 304 g/mol. The molecule has 2 N–H and O–H groups in total. The van der Waals surface area contributed by atoms with Gasteiger partial charge in [-0.15, -0.1) is 0 Å². The molecular formula is C17H19ClO4. The predicted octanol–water partition coefficient (Wildman–Crippen LogP) is 4.06. The number of halogens is 1. The van der Waals surface area contributed by atoms with Crippen molar-refractivity contribution < 1.29 is 19.8 Å². The van der Waals surface area contributed by atoms with Gasteiger partial charge in [0.2, 0.25) is 0 Å². The van der Waals surface area contributed by atoms with Crippen LogP contribution in [0, 0.1) is 5.41 Å². The molecule has 0 radical (unpaired) electrons. The molecule has 22 heavy (non-hydrogen) atoms. The molecule has 0 aromatic heterocycles. The van der Waals surface area contributed by atoms with Crippen LogP contribution in [0.15, 0.2) is 58.2 Å². The Balaban J connectivity index is 3.15. The maximum atomic E-state index is 10.8. The molecule has 4 nitrogen and oxygen atoms in total. The summed E-state index contributed by atoms with van der Waals surface area (Å²) in [5, 5.41) is 18.4. The van der Waals surface area contributed by atoms with Crippen LogP contribution in [0.2, 0.25) is 0 Å². The molecule has 0 aromatic rings. The number of carboxylic acids is 2. The van der Waals surface area contributed by atoms with E-state index in [1.165, 1.54) is 0 Å². The van der Waals surface area contributed by atoms with Crippen LogP contribution < -0.4 is 0 Å². The van der Waals surface area contributed by atoms with Crippen LogP contribution in [0.25, 0.3) is 0 Å². The van der Waals surface area contributed by atoms with Gasteiger partial charge in [-0.25, -0.2) is 9.59 Å². The maximum absolute atomic E-state index is 10.8. The van der Waals surface area contributed by atoms with Gasteiger partial charge in [-0.3, -0.25) is 0 Å². The summed E-state index contributed by atoms with van der Waals surface area (Å²) in [6.45, 7) is 9.79. The van der Waals surface area contributed by atoms with E-state index >= 15 is 0 Å². The number of allylic oxidation sites excluding steroid dienone is 8. The molecule has 0 heterocycles. The lowest BCUT2D eigenvalue weighted by molar-refractivity contribution is -0.140. The zero-order valence-corrected chi connectivity index (χ0v) is 13.6. The van der Waals surface area contributed by atoms with E-state index in [9.17, 15) is 9.59 Å². The summed E-state index contributed by atoms with van der Waals surface area (Å²) in [6.07, 6.45) is 7.06. The Hall–Kier alpha value is -2.07. The third-order valence-corrected chi connectivity index (χ3v) is 3.69. The van der Waals surface area contributed by atoms with Crippen LogP contribution in [0.1, 0.15) is 27.2 Å². The number of rotatable bonds is 4. The van der Waals surface area contributed by atoms with Gasteiger partial charge in [0, 0.05) is 5.03 Å². The Kier molecular flexibility index (Phi) is 5.55. The Morgan fingerprint density at radius 3 is 2.36 bits per heavy atom. The first kappa shape index (κ1) is 18.0. The van der Waals surface area contributed by atoms with Crippen molar-refractivity contribution in [3.05, 3.63) is 58.2 Å². The van der Waals surface area contributed by atoms with E-state index in [0.29, 0.717) is 5.57 Å². The third kappa shape index (κ3) is 4.46. The van der Waals surface area contributed by atoms with Crippen molar-refractivity contribution in [3.63, 3.8) is 0 Å². The van der Waals surface area contributed by atoms with E-state index in [4.69, 9.17) is 21.8 Å². The van der Waals surface area contributed by atoms with Crippen LogP contribution in [0.5, 0.6) is 0 Å². The molecule has 5 heteroatoms. The van der Waals surface area contributed by atoms with Gasteiger partial charge >= 0.3 is 11.9 Å². The minimum Gasteiger partial charge on any atom is -0.477 e. The van der Waals surface area contributed by atoms with E-state index in [-0.39, 0.29) is 5.41 Å². The number of hydrogen-bond acceptors (Lipinski definition) is 2. The van der Waals surface area contributed by atoms with Crippen molar-refractivity contribution in [1.29, 1.82) is 0 Å². The molecule has 0 aromatic carbocycles. The molecule has 1 aliphatic carbocycles. The Bertz CT molecular complexity index is 630. The average molecular weight is 323 g/mol. The first-order chi connectivity index (χ1) is 10.0. The largest absolute Gasteiger partial charge is 0.477 e. The zero-order valence-electron chi connectivity index (χ0n) is 12.8. The summed E-state index contributed by atoms with van der Waals surface area (Å²) < 4.78 is 0. The summed E-state index contributed by atoms with van der Waals surface area (Å²) in [5.74, 6) is -2.95. The first-order valence-electron chi connectivity index (χ1n) is 6.67. The van der Waals surface area contributed by atoms with E-state index in [2.05, 4.69) is 6.58 Å². The molecule has 0 saturated heterocycles. The second kappa shape index (κ2) is 6.79. The topological polar surface area (TPSA) is 74.6 Å². The Morgan fingerprint density at radius 2 is 1.86 bits per heavy atom. The van der Waals surface area contributed by atoms with Crippen molar-refractivity contribution >= 4 is 23.5 Å². The monoisotopic (exact) mass is 322 g/mol. The van der Waals surface area contributed by atoms with Crippen LogP contribution >= 0.6 is 11.6 Å². The van der Waals surface area contributed by atoms with Gasteiger partial charge in [0.15, 0.2) is 0 Å². The minimum absolute atomic E-state index is 0.150. The highest BCUT2D eigenvalue weighted by Gasteiger charge is 2.28. The molecule has 118 valence electrons. The number of hydrogen-bond donors (Lipinski definition) is 2. The number of carboxylic acid groups (broad SMARTS) is 2. The average Bonchev–Trinajstić information content (AvgIpc) is 2.37. The molecule has 1 aliphatic rings. The van der Waals surface area contributed by atoms with E-state index in [0.717, 1.165) is 28.7 Å². The normalized spacial score (nSPS) is 19.6. The van der Waals surface area contributed by atoms with Crippen molar-refractivity contribution in [2.75, 3.05) is 0 Å². The molecule has 0 aliphatic heterocycles. The second-order valence-corrected chi connectivity index (χ2v) is 6.32. The van der Waals surface area contributed by atoms with Gasteiger partial charge in [-0.05, 0) is 47.6 Å². The van der Waals surface area contributed by atoms with E-state index in [1.54, 1.807) is 19.1 Å². The fourth-order valence-corrected chi connectivity index (χ4v) is 2.54. The summed E-state index contributed by atoms with van der Waals surface area (Å²) >= 11 is 6.14. The summed E-state index contributed by atoms with van der Waals surface area (Å²) in [5.41, 5.74) is 1.46. The number of aliphatic carboxylic acids is 2. The van der Waals surface area contributed by atoms with Crippen molar-refractivity contribution in [1.82, 2.24) is 0 Å². The van der Waals surface area contributed by atoms with Gasteiger partial charge in [0.25, 0.3) is 0 Å². The minimum atomic E-state index is -1.47. The van der Waals surface area contributed by atoms with Gasteiger partial charge in [-0.1, -0.05) is 44.2 Å². The van der Waals surface area contributed by atoms with Crippen LogP contribution in [0.4, 0.5) is 0 Å². The van der Waals surface area contributed by atoms with Crippen LogP contribution in [-0.2, 0) is 9.59 Å². The quantitative estimate of drug-likeness (QED) is 0.354. The van der Waals surface area contributed by atoms with Gasteiger partial charge in [-0.2, -0.15) is 0 Å². The molecule has 0 atom stereocenters. The highest BCUT2D eigenvalue weighted by molar-refractivity contribution is 6.30. The molecule has 0 bridgehead atoms.